The van der Waals surface area contributed by atoms with Crippen LogP contribution in [0.4, 0.5) is 5.69 Å². The van der Waals surface area contributed by atoms with Gasteiger partial charge in [0.15, 0.2) is 0 Å². The predicted octanol–water partition coefficient (Wildman–Crippen LogP) is 1.90. The topological polar surface area (TPSA) is 70.2 Å². The Hall–Kier alpha value is -1.88. The first kappa shape index (κ1) is 17.2. The van der Waals surface area contributed by atoms with Crippen LogP contribution in [0.2, 0.25) is 0 Å². The lowest BCUT2D eigenvalue weighted by Gasteiger charge is -2.09. The highest BCUT2D eigenvalue weighted by Crippen LogP contribution is 2.10. The van der Waals surface area contributed by atoms with E-state index < -0.39 is 0 Å². The molecule has 0 bridgehead atoms. The van der Waals surface area contributed by atoms with Crippen molar-refractivity contribution >= 4 is 17.5 Å². The molecule has 0 aromatic heterocycles. The fourth-order valence-electron chi connectivity index (χ4n) is 1.66. The average Bonchev–Trinajstić information content (AvgIpc) is 2.46. The molecular formula is C16H25N3O2. The summed E-state index contributed by atoms with van der Waals surface area (Å²) in [4.78, 5) is 23.1. The molecule has 0 spiro atoms. The molecule has 0 heterocycles. The number of benzene rings is 1. The highest BCUT2D eigenvalue weighted by Gasteiger charge is 2.07. The molecule has 0 saturated carbocycles. The maximum atomic E-state index is 11.6. The molecule has 0 aliphatic heterocycles. The van der Waals surface area contributed by atoms with Crippen molar-refractivity contribution in [3.63, 3.8) is 0 Å². The highest BCUT2D eigenvalue weighted by atomic mass is 16.2. The molecule has 2 amide bonds. The summed E-state index contributed by atoms with van der Waals surface area (Å²) in [7, 11) is 0. The first-order chi connectivity index (χ1) is 10.0. The van der Waals surface area contributed by atoms with Crippen molar-refractivity contribution in [1.29, 1.82) is 0 Å². The van der Waals surface area contributed by atoms with E-state index in [0.29, 0.717) is 19.5 Å². The van der Waals surface area contributed by atoms with Crippen LogP contribution in [0, 0.1) is 5.92 Å². The van der Waals surface area contributed by atoms with Crippen LogP contribution in [-0.2, 0) is 16.1 Å². The number of hydrogen-bond acceptors (Lipinski definition) is 3. The molecule has 1 aromatic rings. The summed E-state index contributed by atoms with van der Waals surface area (Å²) < 4.78 is 0. The number of anilines is 1. The van der Waals surface area contributed by atoms with Crippen LogP contribution in [0.15, 0.2) is 24.3 Å². The van der Waals surface area contributed by atoms with E-state index in [1.807, 2.05) is 45.0 Å². The molecule has 0 aliphatic rings. The van der Waals surface area contributed by atoms with Crippen molar-refractivity contribution in [2.75, 3.05) is 18.4 Å². The monoisotopic (exact) mass is 291 g/mol. The minimum Gasteiger partial charge on any atom is -0.352 e. The SMILES string of the molecule is CCNCCC(=O)NCc1ccc(NC(=O)C(C)C)cc1. The van der Waals surface area contributed by atoms with Crippen LogP contribution < -0.4 is 16.0 Å². The van der Waals surface area contributed by atoms with Gasteiger partial charge in [0.05, 0.1) is 0 Å². The smallest absolute Gasteiger partial charge is 0.226 e. The fraction of sp³-hybridized carbons (Fsp3) is 0.500. The van der Waals surface area contributed by atoms with Gasteiger partial charge < -0.3 is 16.0 Å². The van der Waals surface area contributed by atoms with Crippen LogP contribution in [0.25, 0.3) is 0 Å². The maximum absolute atomic E-state index is 11.6. The Morgan fingerprint density at radius 3 is 2.38 bits per heavy atom. The Morgan fingerprint density at radius 2 is 1.81 bits per heavy atom. The van der Waals surface area contributed by atoms with Gasteiger partial charge in [-0.15, -0.1) is 0 Å². The second kappa shape index (κ2) is 9.13. The van der Waals surface area contributed by atoms with Crippen molar-refractivity contribution in [3.05, 3.63) is 29.8 Å². The molecule has 5 nitrogen and oxygen atoms in total. The summed E-state index contributed by atoms with van der Waals surface area (Å²) >= 11 is 0. The van der Waals surface area contributed by atoms with Gasteiger partial charge in [0.2, 0.25) is 11.8 Å². The van der Waals surface area contributed by atoms with E-state index in [-0.39, 0.29) is 17.7 Å². The summed E-state index contributed by atoms with van der Waals surface area (Å²) in [6, 6.07) is 7.50. The number of rotatable bonds is 8. The van der Waals surface area contributed by atoms with Gasteiger partial charge in [-0.2, -0.15) is 0 Å². The molecular weight excluding hydrogens is 266 g/mol. The number of carbonyl (C=O) groups excluding carboxylic acids is 2. The Balaban J connectivity index is 2.37. The zero-order chi connectivity index (χ0) is 15.7. The number of carbonyl (C=O) groups is 2. The molecule has 0 saturated heterocycles. The van der Waals surface area contributed by atoms with Gasteiger partial charge in [-0.05, 0) is 24.2 Å². The van der Waals surface area contributed by atoms with E-state index in [2.05, 4.69) is 16.0 Å². The van der Waals surface area contributed by atoms with Crippen molar-refractivity contribution in [3.8, 4) is 0 Å². The van der Waals surface area contributed by atoms with Crippen LogP contribution in [-0.4, -0.2) is 24.9 Å². The highest BCUT2D eigenvalue weighted by molar-refractivity contribution is 5.92. The third-order valence-electron chi connectivity index (χ3n) is 3.01. The third-order valence-corrected chi connectivity index (χ3v) is 3.01. The Bertz CT molecular complexity index is 455. The molecule has 1 aromatic carbocycles. The second-order valence-electron chi connectivity index (χ2n) is 5.22. The molecule has 0 atom stereocenters. The number of amides is 2. The normalized spacial score (nSPS) is 10.5. The summed E-state index contributed by atoms with van der Waals surface area (Å²) in [5, 5.41) is 8.81. The number of nitrogens with one attached hydrogen (secondary N) is 3. The lowest BCUT2D eigenvalue weighted by molar-refractivity contribution is -0.121. The van der Waals surface area contributed by atoms with Crippen LogP contribution in [0.1, 0.15) is 32.8 Å². The molecule has 116 valence electrons. The van der Waals surface area contributed by atoms with Crippen LogP contribution >= 0.6 is 0 Å². The molecule has 1 rings (SSSR count). The summed E-state index contributed by atoms with van der Waals surface area (Å²) in [6.07, 6.45) is 0.483. The van der Waals surface area contributed by atoms with Crippen molar-refractivity contribution in [1.82, 2.24) is 10.6 Å². The van der Waals surface area contributed by atoms with Crippen LogP contribution in [0.3, 0.4) is 0 Å². The third kappa shape index (κ3) is 6.90. The van der Waals surface area contributed by atoms with E-state index in [1.165, 1.54) is 0 Å². The average molecular weight is 291 g/mol. The largest absolute Gasteiger partial charge is 0.352 e. The van der Waals surface area contributed by atoms with Gasteiger partial charge in [-0.25, -0.2) is 0 Å². The van der Waals surface area contributed by atoms with E-state index in [4.69, 9.17) is 0 Å². The molecule has 0 fully saturated rings. The Labute approximate surface area is 126 Å². The molecule has 5 heteroatoms. The Kier molecular flexibility index (Phi) is 7.46. The van der Waals surface area contributed by atoms with E-state index in [9.17, 15) is 9.59 Å². The fourth-order valence-corrected chi connectivity index (χ4v) is 1.66. The van der Waals surface area contributed by atoms with Crippen molar-refractivity contribution < 1.29 is 9.59 Å². The minimum atomic E-state index is -0.0410. The lowest BCUT2D eigenvalue weighted by atomic mass is 10.1. The quantitative estimate of drug-likeness (QED) is 0.641. The maximum Gasteiger partial charge on any atom is 0.226 e. The van der Waals surface area contributed by atoms with Crippen LogP contribution in [0.5, 0.6) is 0 Å². The van der Waals surface area contributed by atoms with Crippen molar-refractivity contribution in [2.45, 2.75) is 33.7 Å². The van der Waals surface area contributed by atoms with E-state index in [0.717, 1.165) is 17.8 Å². The standard InChI is InChI=1S/C16H25N3O2/c1-4-17-10-9-15(20)18-11-13-5-7-14(8-6-13)19-16(21)12(2)3/h5-8,12,17H,4,9-11H2,1-3H3,(H,18,20)(H,19,21). The van der Waals surface area contributed by atoms with Gasteiger partial charge in [-0.1, -0.05) is 32.9 Å². The summed E-state index contributed by atoms with van der Waals surface area (Å²) in [5.41, 5.74) is 1.78. The second-order valence-corrected chi connectivity index (χ2v) is 5.22. The Morgan fingerprint density at radius 1 is 1.14 bits per heavy atom. The molecule has 3 N–H and O–H groups in total. The van der Waals surface area contributed by atoms with Gasteiger partial charge in [0, 0.05) is 31.1 Å². The predicted molar refractivity (Wildman–Crippen MR) is 84.9 cm³/mol. The first-order valence-electron chi connectivity index (χ1n) is 7.40. The molecule has 21 heavy (non-hydrogen) atoms. The van der Waals surface area contributed by atoms with Gasteiger partial charge >= 0.3 is 0 Å². The molecule has 0 radical (unpaired) electrons. The number of hydrogen-bond donors (Lipinski definition) is 3. The van der Waals surface area contributed by atoms with E-state index in [1.54, 1.807) is 0 Å². The molecule has 0 aliphatic carbocycles. The molecule has 0 unspecified atom stereocenters. The van der Waals surface area contributed by atoms with Crippen molar-refractivity contribution in [2.24, 2.45) is 5.92 Å². The summed E-state index contributed by atoms with van der Waals surface area (Å²) in [6.45, 7) is 7.79. The van der Waals surface area contributed by atoms with E-state index >= 15 is 0 Å². The van der Waals surface area contributed by atoms with Gasteiger partial charge in [0.25, 0.3) is 0 Å². The lowest BCUT2D eigenvalue weighted by Crippen LogP contribution is -2.27. The zero-order valence-electron chi connectivity index (χ0n) is 13.0. The first-order valence-corrected chi connectivity index (χ1v) is 7.40. The zero-order valence-corrected chi connectivity index (χ0v) is 13.0. The summed E-state index contributed by atoms with van der Waals surface area (Å²) in [5.74, 6) is -0.00620. The van der Waals surface area contributed by atoms with Gasteiger partial charge in [0.1, 0.15) is 0 Å². The minimum absolute atomic E-state index is 0.000484. The van der Waals surface area contributed by atoms with Gasteiger partial charge in [-0.3, -0.25) is 9.59 Å².